The summed E-state index contributed by atoms with van der Waals surface area (Å²) >= 11 is 7.06. The second-order valence-electron chi connectivity index (χ2n) is 4.98. The molecular formula is C17H19Br2NO. The highest BCUT2D eigenvalue weighted by Gasteiger charge is 2.12. The molecule has 4 heteroatoms. The fourth-order valence-corrected chi connectivity index (χ4v) is 3.25. The Morgan fingerprint density at radius 3 is 2.48 bits per heavy atom. The van der Waals surface area contributed by atoms with Crippen LogP contribution in [0.1, 0.15) is 11.1 Å². The third kappa shape index (κ3) is 4.83. The van der Waals surface area contributed by atoms with Crippen molar-refractivity contribution in [3.63, 3.8) is 0 Å². The first-order valence-corrected chi connectivity index (χ1v) is 8.45. The van der Waals surface area contributed by atoms with Gasteiger partial charge in [0.1, 0.15) is 5.75 Å². The molecule has 1 N–H and O–H groups in total. The van der Waals surface area contributed by atoms with Gasteiger partial charge in [0.25, 0.3) is 0 Å². The van der Waals surface area contributed by atoms with Gasteiger partial charge in [-0.05, 0) is 61.3 Å². The lowest BCUT2D eigenvalue weighted by atomic mass is 9.98. The molecule has 0 saturated heterocycles. The highest BCUT2D eigenvalue weighted by Crippen LogP contribution is 2.25. The van der Waals surface area contributed by atoms with Crippen LogP contribution in [0.4, 0.5) is 0 Å². The van der Waals surface area contributed by atoms with Crippen molar-refractivity contribution in [2.75, 3.05) is 14.2 Å². The third-order valence-electron chi connectivity index (χ3n) is 3.49. The molecule has 2 nitrogen and oxygen atoms in total. The highest BCUT2D eigenvalue weighted by molar-refractivity contribution is 9.10. The van der Waals surface area contributed by atoms with Crippen molar-refractivity contribution < 1.29 is 4.74 Å². The Morgan fingerprint density at radius 2 is 1.81 bits per heavy atom. The summed E-state index contributed by atoms with van der Waals surface area (Å²) in [6.07, 6.45) is 1.90. The first-order chi connectivity index (χ1) is 10.1. The van der Waals surface area contributed by atoms with Gasteiger partial charge in [-0.2, -0.15) is 0 Å². The van der Waals surface area contributed by atoms with E-state index in [0.717, 1.165) is 27.5 Å². The van der Waals surface area contributed by atoms with Crippen molar-refractivity contribution >= 4 is 31.9 Å². The zero-order chi connectivity index (χ0) is 15.2. The van der Waals surface area contributed by atoms with Gasteiger partial charge in [-0.1, -0.05) is 44.0 Å². The molecule has 0 fully saturated rings. The van der Waals surface area contributed by atoms with Gasteiger partial charge >= 0.3 is 0 Å². The van der Waals surface area contributed by atoms with Gasteiger partial charge in [-0.3, -0.25) is 0 Å². The summed E-state index contributed by atoms with van der Waals surface area (Å²) in [4.78, 5) is 0. The second kappa shape index (κ2) is 7.97. The minimum absolute atomic E-state index is 0.363. The lowest BCUT2D eigenvalue weighted by molar-refractivity contribution is 0.405. The molecule has 0 heterocycles. The maximum Gasteiger partial charge on any atom is 0.122 e. The number of hydrogen-bond donors (Lipinski definition) is 1. The number of nitrogens with one attached hydrogen (secondary N) is 1. The molecule has 2 aromatic carbocycles. The summed E-state index contributed by atoms with van der Waals surface area (Å²) in [5, 5.41) is 3.40. The Kier molecular flexibility index (Phi) is 6.27. The minimum Gasteiger partial charge on any atom is -0.496 e. The Hall–Kier alpha value is -0.840. The smallest absolute Gasteiger partial charge is 0.122 e. The van der Waals surface area contributed by atoms with E-state index in [0.29, 0.717) is 6.04 Å². The molecule has 112 valence electrons. The molecule has 0 spiro atoms. The summed E-state index contributed by atoms with van der Waals surface area (Å²) in [6, 6.07) is 15.0. The van der Waals surface area contributed by atoms with Gasteiger partial charge in [-0.25, -0.2) is 0 Å². The highest BCUT2D eigenvalue weighted by atomic mass is 79.9. The lowest BCUT2D eigenvalue weighted by Crippen LogP contribution is -2.30. The molecule has 1 atom stereocenters. The maximum atomic E-state index is 5.46. The van der Waals surface area contributed by atoms with E-state index in [4.69, 9.17) is 4.74 Å². The Labute approximate surface area is 143 Å². The molecule has 0 saturated carbocycles. The molecule has 1 unspecified atom stereocenters. The van der Waals surface area contributed by atoms with Crippen LogP contribution < -0.4 is 10.1 Å². The Bertz CT molecular complexity index is 601. The zero-order valence-corrected chi connectivity index (χ0v) is 15.4. The molecular weight excluding hydrogens is 394 g/mol. The van der Waals surface area contributed by atoms with E-state index in [1.165, 1.54) is 11.1 Å². The van der Waals surface area contributed by atoms with Gasteiger partial charge < -0.3 is 10.1 Å². The van der Waals surface area contributed by atoms with Crippen molar-refractivity contribution in [3.8, 4) is 5.75 Å². The van der Waals surface area contributed by atoms with Gasteiger partial charge in [0.05, 0.1) is 7.11 Å². The van der Waals surface area contributed by atoms with E-state index >= 15 is 0 Å². The monoisotopic (exact) mass is 411 g/mol. The third-order valence-corrected chi connectivity index (χ3v) is 4.47. The van der Waals surface area contributed by atoms with Crippen molar-refractivity contribution in [1.82, 2.24) is 5.32 Å². The van der Waals surface area contributed by atoms with Crippen LogP contribution >= 0.6 is 31.9 Å². The van der Waals surface area contributed by atoms with Crippen molar-refractivity contribution in [2.45, 2.75) is 18.9 Å². The van der Waals surface area contributed by atoms with E-state index in [-0.39, 0.29) is 0 Å². The molecule has 21 heavy (non-hydrogen) atoms. The lowest BCUT2D eigenvalue weighted by Gasteiger charge is -2.18. The predicted octanol–water partition coefficient (Wildman–Crippen LogP) is 4.59. The van der Waals surface area contributed by atoms with Crippen LogP contribution in [0.25, 0.3) is 0 Å². The summed E-state index contributed by atoms with van der Waals surface area (Å²) in [5.74, 6) is 0.938. The second-order valence-corrected chi connectivity index (χ2v) is 6.81. The van der Waals surface area contributed by atoms with E-state index in [1.807, 2.05) is 19.2 Å². The van der Waals surface area contributed by atoms with E-state index in [2.05, 4.69) is 67.5 Å². The number of rotatable bonds is 6. The van der Waals surface area contributed by atoms with Crippen LogP contribution in [0.15, 0.2) is 51.4 Å². The predicted molar refractivity (Wildman–Crippen MR) is 95.1 cm³/mol. The average molecular weight is 413 g/mol. The van der Waals surface area contributed by atoms with Gasteiger partial charge in [0, 0.05) is 15.0 Å². The molecule has 0 aliphatic heterocycles. The van der Waals surface area contributed by atoms with E-state index in [1.54, 1.807) is 7.11 Å². The Morgan fingerprint density at radius 1 is 1.05 bits per heavy atom. The minimum atomic E-state index is 0.363. The van der Waals surface area contributed by atoms with E-state index in [9.17, 15) is 0 Å². The van der Waals surface area contributed by atoms with Gasteiger partial charge in [0.2, 0.25) is 0 Å². The summed E-state index contributed by atoms with van der Waals surface area (Å²) in [6.45, 7) is 0. The number of benzene rings is 2. The van der Waals surface area contributed by atoms with Gasteiger partial charge in [-0.15, -0.1) is 0 Å². The molecule has 2 rings (SSSR count). The van der Waals surface area contributed by atoms with Crippen LogP contribution in [-0.2, 0) is 12.8 Å². The van der Waals surface area contributed by atoms with Crippen molar-refractivity contribution in [2.24, 2.45) is 0 Å². The average Bonchev–Trinajstić information content (AvgIpc) is 2.47. The van der Waals surface area contributed by atoms with Crippen molar-refractivity contribution in [3.05, 3.63) is 62.5 Å². The molecule has 0 aliphatic carbocycles. The van der Waals surface area contributed by atoms with E-state index < -0.39 is 0 Å². The zero-order valence-electron chi connectivity index (χ0n) is 12.2. The largest absolute Gasteiger partial charge is 0.496 e. The van der Waals surface area contributed by atoms with Crippen LogP contribution in [0, 0.1) is 0 Å². The first-order valence-electron chi connectivity index (χ1n) is 6.86. The standard InChI is InChI=1S/C17H19Br2NO/c1-20-16(9-12-4-3-5-14(18)8-12)11-13-10-15(19)6-7-17(13)21-2/h3-8,10,16,20H,9,11H2,1-2H3. The SMILES string of the molecule is CNC(Cc1cccc(Br)c1)Cc1cc(Br)ccc1OC. The number of methoxy groups -OCH3 is 1. The first kappa shape index (κ1) is 16.5. The van der Waals surface area contributed by atoms with Crippen LogP contribution in [0.2, 0.25) is 0 Å². The normalized spacial score (nSPS) is 12.2. The summed E-state index contributed by atoms with van der Waals surface area (Å²) in [5.41, 5.74) is 2.53. The Balaban J connectivity index is 2.14. The quantitative estimate of drug-likeness (QED) is 0.748. The summed E-state index contributed by atoms with van der Waals surface area (Å²) < 4.78 is 7.66. The number of ether oxygens (including phenoxy) is 1. The topological polar surface area (TPSA) is 21.3 Å². The molecule has 0 radical (unpaired) electrons. The van der Waals surface area contributed by atoms with Crippen molar-refractivity contribution in [1.29, 1.82) is 0 Å². The fourth-order valence-electron chi connectivity index (χ4n) is 2.40. The molecule has 0 aliphatic rings. The fraction of sp³-hybridized carbons (Fsp3) is 0.294. The van der Waals surface area contributed by atoms with Crippen LogP contribution in [0.5, 0.6) is 5.75 Å². The number of likely N-dealkylation sites (N-methyl/N-ethyl adjacent to an activating group) is 1. The number of halogens is 2. The summed E-state index contributed by atoms with van der Waals surface area (Å²) in [7, 11) is 3.72. The molecule has 2 aromatic rings. The van der Waals surface area contributed by atoms with Crippen LogP contribution in [0.3, 0.4) is 0 Å². The maximum absolute atomic E-state index is 5.46. The molecule has 0 bridgehead atoms. The van der Waals surface area contributed by atoms with Gasteiger partial charge in [0.15, 0.2) is 0 Å². The molecule has 0 amide bonds. The van der Waals surface area contributed by atoms with Crippen LogP contribution in [-0.4, -0.2) is 20.2 Å². The number of hydrogen-bond acceptors (Lipinski definition) is 2. The molecule has 0 aromatic heterocycles.